The lowest BCUT2D eigenvalue weighted by Gasteiger charge is -2.12. The number of aromatic nitrogens is 2. The van der Waals surface area contributed by atoms with Gasteiger partial charge in [-0.15, -0.1) is 6.58 Å². The number of fused-ring (bicyclic) bond motifs is 1. The lowest BCUT2D eigenvalue weighted by atomic mass is 9.99. The maximum Gasteiger partial charge on any atom is 0.121 e. The molecule has 0 aliphatic carbocycles. The molecule has 1 aromatic carbocycles. The summed E-state index contributed by atoms with van der Waals surface area (Å²) >= 11 is 0. The zero-order valence-corrected chi connectivity index (χ0v) is 12.6. The van der Waals surface area contributed by atoms with E-state index in [0.717, 1.165) is 42.3 Å². The van der Waals surface area contributed by atoms with Crippen LogP contribution in [0.15, 0.2) is 30.9 Å². The fraction of sp³-hybridized carbons (Fsp3) is 0.471. The van der Waals surface area contributed by atoms with Gasteiger partial charge in [0.1, 0.15) is 5.82 Å². The van der Waals surface area contributed by atoms with Crippen molar-refractivity contribution in [2.45, 2.75) is 39.7 Å². The fourth-order valence-corrected chi connectivity index (χ4v) is 2.55. The molecule has 20 heavy (non-hydrogen) atoms. The maximum atomic E-state index is 4.61. The molecule has 0 spiro atoms. The second-order valence-electron chi connectivity index (χ2n) is 5.42. The van der Waals surface area contributed by atoms with Crippen LogP contribution in [-0.2, 0) is 6.54 Å². The summed E-state index contributed by atoms with van der Waals surface area (Å²) in [5, 5.41) is 3.48. The van der Waals surface area contributed by atoms with E-state index in [4.69, 9.17) is 0 Å². The van der Waals surface area contributed by atoms with Crippen LogP contribution in [-0.4, -0.2) is 16.5 Å². The van der Waals surface area contributed by atoms with Gasteiger partial charge in [0.25, 0.3) is 0 Å². The molecule has 2 aromatic rings. The first-order valence-electron chi connectivity index (χ1n) is 7.50. The van der Waals surface area contributed by atoms with Crippen molar-refractivity contribution >= 4 is 11.0 Å². The van der Waals surface area contributed by atoms with Crippen LogP contribution in [0.2, 0.25) is 0 Å². The number of benzene rings is 1. The van der Waals surface area contributed by atoms with Crippen molar-refractivity contribution in [3.8, 4) is 0 Å². The van der Waals surface area contributed by atoms with Crippen molar-refractivity contribution in [2.75, 3.05) is 6.54 Å². The number of aromatic amines is 1. The SMILES string of the molecule is C=CCC(CC)CCNCc1nc2cccc(C)c2[nH]1. The van der Waals surface area contributed by atoms with Gasteiger partial charge in [0.2, 0.25) is 0 Å². The molecule has 1 aromatic heterocycles. The molecule has 0 aliphatic rings. The van der Waals surface area contributed by atoms with E-state index >= 15 is 0 Å². The summed E-state index contributed by atoms with van der Waals surface area (Å²) in [5.41, 5.74) is 3.46. The van der Waals surface area contributed by atoms with Crippen molar-refractivity contribution in [1.29, 1.82) is 0 Å². The Balaban J connectivity index is 1.84. The number of H-pyrrole nitrogens is 1. The molecular weight excluding hydrogens is 246 g/mol. The Kier molecular flexibility index (Phi) is 5.36. The number of rotatable bonds is 8. The molecule has 2 rings (SSSR count). The van der Waals surface area contributed by atoms with E-state index in [-0.39, 0.29) is 0 Å². The van der Waals surface area contributed by atoms with Crippen LogP contribution in [0.3, 0.4) is 0 Å². The Morgan fingerprint density at radius 1 is 1.45 bits per heavy atom. The molecular formula is C17H25N3. The number of hydrogen-bond donors (Lipinski definition) is 2. The molecule has 2 N–H and O–H groups in total. The second-order valence-corrected chi connectivity index (χ2v) is 5.42. The van der Waals surface area contributed by atoms with Crippen LogP contribution in [0.5, 0.6) is 0 Å². The van der Waals surface area contributed by atoms with Crippen LogP contribution < -0.4 is 5.32 Å². The number of para-hydroxylation sites is 1. The number of hydrogen-bond acceptors (Lipinski definition) is 2. The molecule has 1 heterocycles. The Labute approximate surface area is 121 Å². The van der Waals surface area contributed by atoms with Crippen molar-refractivity contribution in [2.24, 2.45) is 5.92 Å². The monoisotopic (exact) mass is 271 g/mol. The zero-order chi connectivity index (χ0) is 14.4. The van der Waals surface area contributed by atoms with Crippen molar-refractivity contribution < 1.29 is 0 Å². The summed E-state index contributed by atoms with van der Waals surface area (Å²) in [7, 11) is 0. The highest BCUT2D eigenvalue weighted by Gasteiger charge is 2.06. The van der Waals surface area contributed by atoms with Crippen LogP contribution in [0.25, 0.3) is 11.0 Å². The van der Waals surface area contributed by atoms with E-state index in [9.17, 15) is 0 Å². The fourth-order valence-electron chi connectivity index (χ4n) is 2.55. The second kappa shape index (κ2) is 7.25. The lowest BCUT2D eigenvalue weighted by Crippen LogP contribution is -2.18. The average molecular weight is 271 g/mol. The molecule has 0 aliphatic heterocycles. The largest absolute Gasteiger partial charge is 0.341 e. The van der Waals surface area contributed by atoms with Gasteiger partial charge in [-0.1, -0.05) is 31.6 Å². The van der Waals surface area contributed by atoms with Crippen molar-refractivity contribution in [3.63, 3.8) is 0 Å². The molecule has 0 fully saturated rings. The molecule has 108 valence electrons. The van der Waals surface area contributed by atoms with Gasteiger partial charge in [0.05, 0.1) is 17.6 Å². The van der Waals surface area contributed by atoms with Gasteiger partial charge in [-0.25, -0.2) is 4.98 Å². The van der Waals surface area contributed by atoms with Gasteiger partial charge in [0.15, 0.2) is 0 Å². The number of nitrogens with one attached hydrogen (secondary N) is 2. The van der Waals surface area contributed by atoms with Crippen LogP contribution in [0.1, 0.15) is 37.6 Å². The molecule has 1 unspecified atom stereocenters. The summed E-state index contributed by atoms with van der Waals surface area (Å²) in [6.07, 6.45) is 5.55. The number of imidazole rings is 1. The molecule has 3 heteroatoms. The highest BCUT2D eigenvalue weighted by atomic mass is 15.0. The maximum absolute atomic E-state index is 4.61. The molecule has 0 radical (unpaired) electrons. The standard InChI is InChI=1S/C17H25N3/c1-4-7-14(5-2)10-11-18-12-16-19-15-9-6-8-13(3)17(15)20-16/h4,6,8-9,14,18H,1,5,7,10-12H2,2-3H3,(H,19,20). The Bertz CT molecular complexity index is 556. The van der Waals surface area contributed by atoms with E-state index in [1.807, 2.05) is 6.08 Å². The summed E-state index contributed by atoms with van der Waals surface area (Å²) in [6.45, 7) is 10.0. The first kappa shape index (κ1) is 14.8. The zero-order valence-electron chi connectivity index (χ0n) is 12.6. The van der Waals surface area contributed by atoms with Gasteiger partial charge < -0.3 is 10.3 Å². The Morgan fingerprint density at radius 2 is 2.30 bits per heavy atom. The van der Waals surface area contributed by atoms with E-state index in [1.54, 1.807) is 0 Å². The van der Waals surface area contributed by atoms with Gasteiger partial charge >= 0.3 is 0 Å². The summed E-state index contributed by atoms with van der Waals surface area (Å²) < 4.78 is 0. The van der Waals surface area contributed by atoms with Gasteiger partial charge in [-0.3, -0.25) is 0 Å². The molecule has 1 atom stereocenters. The lowest BCUT2D eigenvalue weighted by molar-refractivity contribution is 0.454. The predicted octanol–water partition coefficient (Wildman–Crippen LogP) is 3.95. The third-order valence-corrected chi connectivity index (χ3v) is 3.87. The molecule has 0 saturated carbocycles. The van der Waals surface area contributed by atoms with E-state index < -0.39 is 0 Å². The summed E-state index contributed by atoms with van der Waals surface area (Å²) in [4.78, 5) is 8.01. The number of allylic oxidation sites excluding steroid dienone is 1. The highest BCUT2D eigenvalue weighted by Crippen LogP contribution is 2.15. The summed E-state index contributed by atoms with van der Waals surface area (Å²) in [6, 6.07) is 6.22. The van der Waals surface area contributed by atoms with Gasteiger partial charge in [-0.2, -0.15) is 0 Å². The minimum atomic E-state index is 0.748. The topological polar surface area (TPSA) is 40.7 Å². The van der Waals surface area contributed by atoms with Crippen molar-refractivity contribution in [1.82, 2.24) is 15.3 Å². The quantitative estimate of drug-likeness (QED) is 0.563. The van der Waals surface area contributed by atoms with E-state index in [2.05, 4.69) is 53.9 Å². The van der Waals surface area contributed by atoms with Crippen LogP contribution >= 0.6 is 0 Å². The van der Waals surface area contributed by atoms with Gasteiger partial charge in [0, 0.05) is 0 Å². The molecule has 0 amide bonds. The number of aryl methyl sites for hydroxylation is 1. The minimum Gasteiger partial charge on any atom is -0.341 e. The average Bonchev–Trinajstić information content (AvgIpc) is 2.86. The van der Waals surface area contributed by atoms with E-state index in [0.29, 0.717) is 0 Å². The van der Waals surface area contributed by atoms with E-state index in [1.165, 1.54) is 18.4 Å². The molecule has 0 bridgehead atoms. The Morgan fingerprint density at radius 3 is 3.00 bits per heavy atom. The first-order valence-corrected chi connectivity index (χ1v) is 7.50. The van der Waals surface area contributed by atoms with Gasteiger partial charge in [-0.05, 0) is 43.9 Å². The smallest absolute Gasteiger partial charge is 0.121 e. The van der Waals surface area contributed by atoms with Crippen molar-refractivity contribution in [3.05, 3.63) is 42.2 Å². The highest BCUT2D eigenvalue weighted by molar-refractivity contribution is 5.78. The third-order valence-electron chi connectivity index (χ3n) is 3.87. The predicted molar refractivity (Wildman–Crippen MR) is 85.7 cm³/mol. The molecule has 0 saturated heterocycles. The Hall–Kier alpha value is -1.61. The summed E-state index contributed by atoms with van der Waals surface area (Å²) in [5.74, 6) is 1.77. The minimum absolute atomic E-state index is 0.748. The normalized spacial score (nSPS) is 12.7. The van der Waals surface area contributed by atoms with Crippen LogP contribution in [0.4, 0.5) is 0 Å². The third kappa shape index (κ3) is 3.70. The van der Waals surface area contributed by atoms with Crippen LogP contribution in [0, 0.1) is 12.8 Å². The molecule has 3 nitrogen and oxygen atoms in total. The first-order chi connectivity index (χ1) is 9.74. The number of nitrogens with zero attached hydrogens (tertiary/aromatic N) is 1.